The van der Waals surface area contributed by atoms with Crippen LogP contribution < -0.4 is 0 Å². The Bertz CT molecular complexity index is 600. The zero-order chi connectivity index (χ0) is 14.8. The summed E-state index contributed by atoms with van der Waals surface area (Å²) in [7, 11) is -7.15. The van der Waals surface area contributed by atoms with Crippen LogP contribution in [0, 0.1) is 6.92 Å². The van der Waals surface area contributed by atoms with Crippen molar-refractivity contribution in [3.05, 3.63) is 29.3 Å². The molecule has 0 aliphatic carbocycles. The highest BCUT2D eigenvalue weighted by atomic mass is 35.7. The highest BCUT2D eigenvalue weighted by molar-refractivity contribution is 7.87. The smallest absolute Gasteiger partial charge is 0.215 e. The number of rotatable bonds is 4. The molecule has 19 heavy (non-hydrogen) atoms. The molecule has 1 aromatic carbocycles. The van der Waals surface area contributed by atoms with Gasteiger partial charge < -0.3 is 0 Å². The summed E-state index contributed by atoms with van der Waals surface area (Å²) >= 11 is 5.04. The Morgan fingerprint density at radius 2 is 1.95 bits per heavy atom. The van der Waals surface area contributed by atoms with Crippen molar-refractivity contribution in [2.24, 2.45) is 0 Å². The lowest BCUT2D eigenvalue weighted by atomic mass is 10.1. The molecule has 0 aliphatic heterocycles. The third-order valence-electron chi connectivity index (χ3n) is 2.08. The molecule has 1 unspecified atom stereocenters. The molecule has 0 fully saturated rings. The highest BCUT2D eigenvalue weighted by Crippen LogP contribution is 2.37. The number of aryl methyl sites for hydroxylation is 1. The van der Waals surface area contributed by atoms with Gasteiger partial charge in [0.15, 0.2) is 0 Å². The Labute approximate surface area is 113 Å². The summed E-state index contributed by atoms with van der Waals surface area (Å²) in [5, 5.41) is 0. The molecule has 0 amide bonds. The maximum atomic E-state index is 12.8. The molecule has 4 nitrogen and oxygen atoms in total. The lowest BCUT2D eigenvalue weighted by Gasteiger charge is -2.13. The van der Waals surface area contributed by atoms with E-state index in [9.17, 15) is 26.2 Å². The van der Waals surface area contributed by atoms with Crippen LogP contribution in [0.4, 0.5) is 13.2 Å². The maximum Gasteiger partial charge on any atom is 0.484 e. The van der Waals surface area contributed by atoms with E-state index in [0.717, 1.165) is 6.07 Å². The molecular weight excluding hydrogens is 328 g/mol. The largest absolute Gasteiger partial charge is 0.484 e. The Hall–Kier alpha value is -0.690. The summed E-state index contributed by atoms with van der Waals surface area (Å²) in [6, 6.07) is 2.91. The minimum absolute atomic E-state index is 0.125. The minimum atomic E-state index is -4.85. The summed E-state index contributed by atoms with van der Waals surface area (Å²) in [5.41, 5.74) is -1.46. The summed E-state index contributed by atoms with van der Waals surface area (Å²) < 4.78 is 76.5. The van der Waals surface area contributed by atoms with E-state index in [1.165, 1.54) is 13.0 Å². The molecule has 10 heteroatoms. The average Bonchev–Trinajstić information content (AvgIpc) is 2.24. The van der Waals surface area contributed by atoms with Gasteiger partial charge in [-0.3, -0.25) is 0 Å². The van der Waals surface area contributed by atoms with Crippen molar-refractivity contribution in [2.45, 2.75) is 18.0 Å². The Morgan fingerprint density at radius 3 is 2.42 bits per heavy atom. The summed E-state index contributed by atoms with van der Waals surface area (Å²) in [6.45, 7) is 1.20. The Kier molecular flexibility index (Phi) is 4.95. The lowest BCUT2D eigenvalue weighted by molar-refractivity contribution is -0.140. The first kappa shape index (κ1) is 16.4. The van der Waals surface area contributed by atoms with Crippen molar-refractivity contribution in [1.82, 2.24) is 0 Å². The first-order valence-electron chi connectivity index (χ1n) is 4.72. The van der Waals surface area contributed by atoms with E-state index < -0.39 is 40.3 Å². The van der Waals surface area contributed by atoms with Crippen LogP contribution >= 0.6 is 18.4 Å². The van der Waals surface area contributed by atoms with Crippen molar-refractivity contribution >= 4 is 28.5 Å². The van der Waals surface area contributed by atoms with E-state index in [0.29, 0.717) is 6.07 Å². The average molecular weight is 336 g/mol. The van der Waals surface area contributed by atoms with Gasteiger partial charge in [-0.2, -0.15) is 21.6 Å². The number of halogens is 4. The van der Waals surface area contributed by atoms with Crippen LogP contribution in [0.15, 0.2) is 23.1 Å². The second kappa shape index (κ2) is 5.75. The van der Waals surface area contributed by atoms with Gasteiger partial charge in [0.05, 0.1) is 5.56 Å². The molecule has 1 atom stereocenters. The predicted octanol–water partition coefficient (Wildman–Crippen LogP) is 3.66. The lowest BCUT2D eigenvalue weighted by Crippen LogP contribution is -2.16. The van der Waals surface area contributed by atoms with Gasteiger partial charge in [-0.15, -0.1) is 0 Å². The molecule has 0 aromatic heterocycles. The van der Waals surface area contributed by atoms with Crippen molar-refractivity contribution in [2.75, 3.05) is 6.35 Å². The zero-order valence-electron chi connectivity index (χ0n) is 9.44. The third kappa shape index (κ3) is 4.14. The fraction of sp³-hybridized carbons (Fsp3) is 0.333. The van der Waals surface area contributed by atoms with Gasteiger partial charge in [0, 0.05) is 0 Å². The molecule has 0 heterocycles. The summed E-state index contributed by atoms with van der Waals surface area (Å²) in [6.07, 6.45) is -5.73. The zero-order valence-corrected chi connectivity index (χ0v) is 11.9. The van der Waals surface area contributed by atoms with E-state index in [1.54, 1.807) is 0 Å². The van der Waals surface area contributed by atoms with E-state index >= 15 is 0 Å². The molecule has 0 spiro atoms. The SMILES string of the molecule is Cc1cccc(C(F)(F)F)c1S(=O)(=O)OC[P+](=O)Cl. The Morgan fingerprint density at radius 1 is 1.37 bits per heavy atom. The maximum absolute atomic E-state index is 12.8. The molecule has 106 valence electrons. The van der Waals surface area contributed by atoms with Crippen LogP contribution in [0.5, 0.6) is 0 Å². The van der Waals surface area contributed by atoms with Gasteiger partial charge >= 0.3 is 23.4 Å². The van der Waals surface area contributed by atoms with Gasteiger partial charge in [0.25, 0.3) is 6.35 Å². The fourth-order valence-corrected chi connectivity index (χ4v) is 3.66. The monoisotopic (exact) mass is 335 g/mol. The topological polar surface area (TPSA) is 60.4 Å². The van der Waals surface area contributed by atoms with E-state index in [-0.39, 0.29) is 5.56 Å². The summed E-state index contributed by atoms with van der Waals surface area (Å²) in [4.78, 5) is -0.990. The van der Waals surface area contributed by atoms with Gasteiger partial charge in [-0.25, -0.2) is 4.18 Å². The van der Waals surface area contributed by atoms with E-state index in [2.05, 4.69) is 4.18 Å². The van der Waals surface area contributed by atoms with Gasteiger partial charge in [-0.1, -0.05) is 12.1 Å². The normalized spacial score (nSPS) is 13.4. The summed E-state index contributed by atoms with van der Waals surface area (Å²) in [5.74, 6) is 0. The van der Waals surface area contributed by atoms with Crippen LogP contribution in [-0.4, -0.2) is 14.8 Å². The van der Waals surface area contributed by atoms with Crippen LogP contribution in [0.3, 0.4) is 0 Å². The van der Waals surface area contributed by atoms with Crippen LogP contribution in [0.25, 0.3) is 0 Å². The fourth-order valence-electron chi connectivity index (χ4n) is 1.38. The van der Waals surface area contributed by atoms with Crippen molar-refractivity contribution in [3.63, 3.8) is 0 Å². The number of hydrogen-bond acceptors (Lipinski definition) is 4. The molecule has 0 aliphatic rings. The van der Waals surface area contributed by atoms with Crippen molar-refractivity contribution in [1.29, 1.82) is 0 Å². The van der Waals surface area contributed by atoms with Crippen molar-refractivity contribution < 1.29 is 30.3 Å². The first-order valence-corrected chi connectivity index (χ1v) is 8.48. The second-order valence-electron chi connectivity index (χ2n) is 3.47. The number of benzene rings is 1. The number of hydrogen-bond donors (Lipinski definition) is 0. The van der Waals surface area contributed by atoms with Gasteiger partial charge in [-0.05, 0) is 23.1 Å². The number of alkyl halides is 3. The van der Waals surface area contributed by atoms with Gasteiger partial charge in [0.1, 0.15) is 4.90 Å². The standard InChI is InChI=1S/C9H8ClF3O4PS/c1-6-3-2-4-7(9(11,12)13)8(6)19(15,16)17-5-18(10)14/h2-4H,5H2,1H3/q+1. The highest BCUT2D eigenvalue weighted by Gasteiger charge is 2.39. The van der Waals surface area contributed by atoms with Crippen LogP contribution in [0.2, 0.25) is 0 Å². The molecule has 0 radical (unpaired) electrons. The van der Waals surface area contributed by atoms with E-state index in [1.807, 2.05) is 0 Å². The molecule has 1 aromatic rings. The molecule has 0 saturated heterocycles. The van der Waals surface area contributed by atoms with E-state index in [4.69, 9.17) is 11.2 Å². The minimum Gasteiger partial charge on any atom is -0.215 e. The molecular formula is C9H8ClF3O4PS+. The van der Waals surface area contributed by atoms with Crippen LogP contribution in [-0.2, 0) is 25.0 Å². The van der Waals surface area contributed by atoms with Crippen molar-refractivity contribution in [3.8, 4) is 0 Å². The van der Waals surface area contributed by atoms with Crippen LogP contribution in [0.1, 0.15) is 11.1 Å². The quantitative estimate of drug-likeness (QED) is 0.622. The second-order valence-corrected chi connectivity index (χ2v) is 7.04. The Balaban J connectivity index is 3.37. The first-order chi connectivity index (χ1) is 8.55. The molecule has 1 rings (SSSR count). The predicted molar refractivity (Wildman–Crippen MR) is 62.8 cm³/mol. The molecule has 0 bridgehead atoms. The molecule has 0 N–H and O–H groups in total. The third-order valence-corrected chi connectivity index (χ3v) is 4.35. The molecule has 0 saturated carbocycles. The van der Waals surface area contributed by atoms with Gasteiger partial charge in [0.2, 0.25) is 11.2 Å².